The molecule has 0 aromatic carbocycles. The van der Waals surface area contributed by atoms with Crippen molar-refractivity contribution in [3.05, 3.63) is 32.3 Å². The van der Waals surface area contributed by atoms with E-state index in [1.54, 1.807) is 32.1 Å². The number of aromatic nitrogens is 3. The van der Waals surface area contributed by atoms with Crippen LogP contribution in [0.3, 0.4) is 0 Å². The fourth-order valence-corrected chi connectivity index (χ4v) is 5.48. The van der Waals surface area contributed by atoms with Crippen molar-refractivity contribution in [2.24, 2.45) is 7.05 Å². The molecule has 0 bridgehead atoms. The molecular weight excluding hydrogens is 484 g/mol. The van der Waals surface area contributed by atoms with Gasteiger partial charge in [-0.1, -0.05) is 11.8 Å². The Morgan fingerprint density at radius 1 is 1.12 bits per heavy atom. The highest BCUT2D eigenvalue weighted by atomic mass is 32.2. The van der Waals surface area contributed by atoms with Crippen LogP contribution in [0.1, 0.15) is 44.3 Å². The van der Waals surface area contributed by atoms with E-state index in [9.17, 15) is 14.4 Å². The van der Waals surface area contributed by atoms with Gasteiger partial charge in [0.1, 0.15) is 9.88 Å². The van der Waals surface area contributed by atoms with Crippen molar-refractivity contribution in [2.45, 2.75) is 32.9 Å². The highest BCUT2D eigenvalue weighted by Crippen LogP contribution is 2.34. The van der Waals surface area contributed by atoms with Crippen LogP contribution in [0.4, 0.5) is 5.00 Å². The zero-order valence-corrected chi connectivity index (χ0v) is 21.3. The lowest BCUT2D eigenvalue weighted by Gasteiger charge is -2.07. The molecule has 3 aromatic rings. The first-order chi connectivity index (χ1) is 15.8. The molecule has 1 amide bonds. The topological polar surface area (TPSA) is 112 Å². The minimum Gasteiger partial charge on any atom is -0.462 e. The van der Waals surface area contributed by atoms with Gasteiger partial charge < -0.3 is 19.4 Å². The van der Waals surface area contributed by atoms with Gasteiger partial charge in [-0.25, -0.2) is 9.59 Å². The predicted octanol–water partition coefficient (Wildman–Crippen LogP) is 4.31. The summed E-state index contributed by atoms with van der Waals surface area (Å²) >= 11 is 3.85. The Kier molecular flexibility index (Phi) is 8.27. The average molecular weight is 509 g/mol. The third kappa shape index (κ3) is 5.63. The van der Waals surface area contributed by atoms with E-state index in [0.29, 0.717) is 10.7 Å². The average Bonchev–Trinajstić information content (AvgIpc) is 3.44. The van der Waals surface area contributed by atoms with Gasteiger partial charge in [-0.2, -0.15) is 0 Å². The van der Waals surface area contributed by atoms with Crippen molar-refractivity contribution in [3.8, 4) is 11.4 Å². The largest absolute Gasteiger partial charge is 0.462 e. The van der Waals surface area contributed by atoms with Gasteiger partial charge in [-0.3, -0.25) is 4.79 Å². The number of thiophene rings is 2. The Labute approximate surface area is 203 Å². The van der Waals surface area contributed by atoms with E-state index in [1.807, 2.05) is 30.0 Å². The molecule has 0 radical (unpaired) electrons. The van der Waals surface area contributed by atoms with Gasteiger partial charge in [-0.05, 0) is 39.3 Å². The number of hydrogen-bond donors (Lipinski definition) is 1. The first-order valence-corrected chi connectivity index (χ1v) is 12.8. The number of carbonyl (C=O) groups is 3. The number of anilines is 1. The lowest BCUT2D eigenvalue weighted by molar-refractivity contribution is -0.113. The molecule has 12 heteroatoms. The molecule has 1 N–H and O–H groups in total. The number of nitrogens with one attached hydrogen (secondary N) is 1. The van der Waals surface area contributed by atoms with E-state index >= 15 is 0 Å². The molecule has 0 aliphatic rings. The van der Waals surface area contributed by atoms with Crippen LogP contribution in [-0.4, -0.2) is 51.6 Å². The minimum atomic E-state index is -0.603. The summed E-state index contributed by atoms with van der Waals surface area (Å²) in [5.74, 6) is -0.731. The summed E-state index contributed by atoms with van der Waals surface area (Å²) in [6, 6.07) is 2.03. The standard InChI is InChI=1S/C21H24N4O5S3/c1-6-29-19(27)15-12(4)16(20(28)30-7-2)33-18(15)22-14(26)10-32-21-24-23-17(25(21)5)13-8-11(3)31-9-13/h8-9H,6-7,10H2,1-5H3,(H,22,26). The smallest absolute Gasteiger partial charge is 0.348 e. The third-order valence-electron chi connectivity index (χ3n) is 4.50. The maximum absolute atomic E-state index is 12.7. The van der Waals surface area contributed by atoms with Crippen LogP contribution in [0.5, 0.6) is 0 Å². The van der Waals surface area contributed by atoms with E-state index in [0.717, 1.165) is 22.7 Å². The molecule has 0 fully saturated rings. The van der Waals surface area contributed by atoms with Crippen LogP contribution >= 0.6 is 34.4 Å². The molecule has 3 aromatic heterocycles. The number of hydrogen-bond acceptors (Lipinski definition) is 10. The number of carbonyl (C=O) groups excluding carboxylic acids is 3. The highest BCUT2D eigenvalue weighted by molar-refractivity contribution is 7.99. The molecule has 176 valence electrons. The van der Waals surface area contributed by atoms with E-state index in [4.69, 9.17) is 9.47 Å². The van der Waals surface area contributed by atoms with Gasteiger partial charge in [-0.15, -0.1) is 32.9 Å². The maximum Gasteiger partial charge on any atom is 0.348 e. The Morgan fingerprint density at radius 3 is 2.45 bits per heavy atom. The molecule has 0 spiro atoms. The summed E-state index contributed by atoms with van der Waals surface area (Å²) in [5, 5.41) is 14.0. The molecule has 3 heterocycles. The second kappa shape index (κ2) is 10.9. The van der Waals surface area contributed by atoms with Gasteiger partial charge in [0.25, 0.3) is 0 Å². The third-order valence-corrected chi connectivity index (χ3v) is 7.57. The summed E-state index contributed by atoms with van der Waals surface area (Å²) in [6.45, 7) is 7.41. The van der Waals surface area contributed by atoms with Crippen LogP contribution in [-0.2, 0) is 21.3 Å². The molecule has 33 heavy (non-hydrogen) atoms. The number of nitrogens with zero attached hydrogens (tertiary/aromatic N) is 3. The molecular formula is C21H24N4O5S3. The van der Waals surface area contributed by atoms with Gasteiger partial charge in [0, 0.05) is 22.9 Å². The predicted molar refractivity (Wildman–Crippen MR) is 129 cm³/mol. The lowest BCUT2D eigenvalue weighted by atomic mass is 10.1. The monoisotopic (exact) mass is 508 g/mol. The van der Waals surface area contributed by atoms with Crippen LogP contribution < -0.4 is 5.32 Å². The molecule has 0 saturated carbocycles. The fourth-order valence-electron chi connectivity index (χ4n) is 2.99. The van der Waals surface area contributed by atoms with Gasteiger partial charge in [0.15, 0.2) is 11.0 Å². The van der Waals surface area contributed by atoms with Crippen molar-refractivity contribution >= 4 is 57.3 Å². The number of rotatable bonds is 9. The molecule has 0 aliphatic carbocycles. The Bertz CT molecular complexity index is 1180. The number of ether oxygens (including phenoxy) is 2. The minimum absolute atomic E-state index is 0.0442. The van der Waals surface area contributed by atoms with E-state index in [-0.39, 0.29) is 40.3 Å². The normalized spacial score (nSPS) is 10.8. The van der Waals surface area contributed by atoms with Crippen molar-refractivity contribution in [1.82, 2.24) is 14.8 Å². The van der Waals surface area contributed by atoms with E-state index in [1.165, 1.54) is 16.6 Å². The summed E-state index contributed by atoms with van der Waals surface area (Å²) in [4.78, 5) is 38.9. The second-order valence-corrected chi connectivity index (χ2v) is 9.93. The fraction of sp³-hybridized carbons (Fsp3) is 0.381. The molecule has 9 nitrogen and oxygen atoms in total. The van der Waals surface area contributed by atoms with Gasteiger partial charge >= 0.3 is 11.9 Å². The first kappa shape index (κ1) is 24.9. The highest BCUT2D eigenvalue weighted by Gasteiger charge is 2.27. The zero-order chi connectivity index (χ0) is 24.1. The van der Waals surface area contributed by atoms with Crippen molar-refractivity contribution in [3.63, 3.8) is 0 Å². The molecule has 0 unspecified atom stereocenters. The van der Waals surface area contributed by atoms with Gasteiger partial charge in [0.2, 0.25) is 5.91 Å². The van der Waals surface area contributed by atoms with E-state index < -0.39 is 11.9 Å². The summed E-state index contributed by atoms with van der Waals surface area (Å²) in [6.07, 6.45) is 0. The molecule has 0 saturated heterocycles. The van der Waals surface area contributed by atoms with Crippen molar-refractivity contribution in [2.75, 3.05) is 24.3 Å². The Hall–Kier alpha value is -2.70. The van der Waals surface area contributed by atoms with Crippen LogP contribution in [0, 0.1) is 13.8 Å². The number of aryl methyl sites for hydroxylation is 1. The summed E-state index contributed by atoms with van der Waals surface area (Å²) < 4.78 is 12.0. The number of thioether (sulfide) groups is 1. The molecule has 3 rings (SSSR count). The Balaban J connectivity index is 1.75. The SMILES string of the molecule is CCOC(=O)c1sc(NC(=O)CSc2nnc(-c3csc(C)c3)n2C)c(C(=O)OCC)c1C. The second-order valence-electron chi connectivity index (χ2n) is 6.85. The lowest BCUT2D eigenvalue weighted by Crippen LogP contribution is -2.16. The van der Waals surface area contributed by atoms with Crippen molar-refractivity contribution in [1.29, 1.82) is 0 Å². The van der Waals surface area contributed by atoms with Crippen LogP contribution in [0.15, 0.2) is 16.6 Å². The van der Waals surface area contributed by atoms with Gasteiger partial charge in [0.05, 0.1) is 24.5 Å². The Morgan fingerprint density at radius 2 is 1.82 bits per heavy atom. The zero-order valence-electron chi connectivity index (χ0n) is 18.9. The quantitative estimate of drug-likeness (QED) is 0.336. The first-order valence-electron chi connectivity index (χ1n) is 10.1. The van der Waals surface area contributed by atoms with Crippen LogP contribution in [0.25, 0.3) is 11.4 Å². The van der Waals surface area contributed by atoms with E-state index in [2.05, 4.69) is 15.5 Å². The maximum atomic E-state index is 12.7. The molecule has 0 aliphatic heterocycles. The number of amides is 1. The summed E-state index contributed by atoms with van der Waals surface area (Å²) in [7, 11) is 1.84. The van der Waals surface area contributed by atoms with Crippen molar-refractivity contribution < 1.29 is 23.9 Å². The van der Waals surface area contributed by atoms with Crippen LogP contribution in [0.2, 0.25) is 0 Å². The summed E-state index contributed by atoms with van der Waals surface area (Å²) in [5.41, 5.74) is 1.56. The number of esters is 2. The molecule has 0 atom stereocenters.